The number of benzene rings is 1. The van der Waals surface area contributed by atoms with Gasteiger partial charge in [0.2, 0.25) is 0 Å². The van der Waals surface area contributed by atoms with E-state index < -0.39 is 0 Å². The summed E-state index contributed by atoms with van der Waals surface area (Å²) in [4.78, 5) is 14.5. The van der Waals surface area contributed by atoms with Crippen LogP contribution in [-0.4, -0.2) is 106 Å². The Morgan fingerprint density at radius 3 is 1.84 bits per heavy atom. The topological polar surface area (TPSA) is 30.8 Å². The maximum atomic E-state index is 4.35. The Morgan fingerprint density at radius 1 is 0.789 bits per heavy atom. The summed E-state index contributed by atoms with van der Waals surface area (Å²) in [6.07, 6.45) is 5.95. The Hall–Kier alpha value is -1.47. The summed E-state index contributed by atoms with van der Waals surface area (Å²) in [6, 6.07) is 10.7. The molecule has 1 aromatic carbocycles. The van der Waals surface area contributed by atoms with Crippen LogP contribution < -0.4 is 0 Å². The summed E-state index contributed by atoms with van der Waals surface area (Å²) in [5.41, 5.74) is 3.11. The standard InChI is InChI=1S/C11H14N2.C11H24N2.C10H20N2/c1-11(2,3)13-8-12-9-6-4-5-7-10(9)13;1-11(2,3)13-8-6-10(7-9-13)12(4)5;1-10(2,3)12-7-8-5-9(12)6-11(8)4/h4-8H,1-3H3;10H,6-9H2,1-5H3;8-9H,5-7H2,1-4H3. The van der Waals surface area contributed by atoms with Crippen molar-refractivity contribution in [1.82, 2.24) is 29.2 Å². The van der Waals surface area contributed by atoms with Crippen LogP contribution in [0.25, 0.3) is 11.0 Å². The molecular formula is C32H58N6. The van der Waals surface area contributed by atoms with E-state index >= 15 is 0 Å². The minimum Gasteiger partial charge on any atom is -0.325 e. The van der Waals surface area contributed by atoms with Gasteiger partial charge in [-0.3, -0.25) is 9.80 Å². The number of hydrogen-bond donors (Lipinski definition) is 0. The van der Waals surface area contributed by atoms with Crippen LogP contribution in [-0.2, 0) is 5.54 Å². The molecule has 3 aliphatic heterocycles. The van der Waals surface area contributed by atoms with Crippen molar-refractivity contribution in [3.8, 4) is 0 Å². The van der Waals surface area contributed by atoms with Gasteiger partial charge in [-0.05, 0) is 115 Å². The minimum atomic E-state index is 0.107. The monoisotopic (exact) mass is 526 g/mol. The zero-order chi connectivity index (χ0) is 28.5. The predicted octanol–water partition coefficient (Wildman–Crippen LogP) is 5.78. The van der Waals surface area contributed by atoms with E-state index in [9.17, 15) is 0 Å². The van der Waals surface area contributed by atoms with Crippen molar-refractivity contribution < 1.29 is 0 Å². The van der Waals surface area contributed by atoms with E-state index in [0.717, 1.165) is 23.6 Å². The zero-order valence-electron chi connectivity index (χ0n) is 26.8. The highest BCUT2D eigenvalue weighted by atomic mass is 15.4. The van der Waals surface area contributed by atoms with Crippen molar-refractivity contribution in [2.75, 3.05) is 47.3 Å². The van der Waals surface area contributed by atoms with Crippen LogP contribution in [0.3, 0.4) is 0 Å². The highest BCUT2D eigenvalue weighted by Gasteiger charge is 2.45. The van der Waals surface area contributed by atoms with Gasteiger partial charge in [0.25, 0.3) is 0 Å². The molecule has 0 radical (unpaired) electrons. The summed E-state index contributed by atoms with van der Waals surface area (Å²) >= 11 is 0. The Balaban J connectivity index is 0.000000158. The van der Waals surface area contributed by atoms with E-state index in [1.807, 2.05) is 24.5 Å². The molecule has 0 N–H and O–H groups in total. The fourth-order valence-electron chi connectivity index (χ4n) is 6.23. The number of para-hydroxylation sites is 2. The first kappa shape index (κ1) is 31.1. The molecule has 1 aromatic heterocycles. The second kappa shape index (κ2) is 12.0. The molecule has 3 fully saturated rings. The van der Waals surface area contributed by atoms with Crippen molar-refractivity contribution in [3.63, 3.8) is 0 Å². The number of imidazole rings is 1. The number of nitrogens with zero attached hydrogens (tertiary/aromatic N) is 6. The van der Waals surface area contributed by atoms with Crippen LogP contribution in [0.15, 0.2) is 30.6 Å². The number of hydrogen-bond acceptors (Lipinski definition) is 5. The molecule has 38 heavy (non-hydrogen) atoms. The Morgan fingerprint density at radius 2 is 1.39 bits per heavy atom. The number of rotatable bonds is 1. The third-order valence-corrected chi connectivity index (χ3v) is 8.70. The quantitative estimate of drug-likeness (QED) is 0.470. The molecule has 5 rings (SSSR count). The van der Waals surface area contributed by atoms with E-state index in [2.05, 4.69) is 119 Å². The van der Waals surface area contributed by atoms with E-state index in [1.165, 1.54) is 51.0 Å². The smallest absolute Gasteiger partial charge is 0.0963 e. The largest absolute Gasteiger partial charge is 0.325 e. The fraction of sp³-hybridized carbons (Fsp3) is 0.781. The number of fused-ring (bicyclic) bond motifs is 3. The van der Waals surface area contributed by atoms with Crippen LogP contribution in [0, 0.1) is 0 Å². The first-order valence-electron chi connectivity index (χ1n) is 14.8. The first-order valence-corrected chi connectivity index (χ1v) is 14.8. The third-order valence-electron chi connectivity index (χ3n) is 8.70. The van der Waals surface area contributed by atoms with Gasteiger partial charge in [-0.25, -0.2) is 4.98 Å². The van der Waals surface area contributed by atoms with Gasteiger partial charge in [0.05, 0.1) is 17.4 Å². The van der Waals surface area contributed by atoms with Gasteiger partial charge in [-0.1, -0.05) is 12.1 Å². The Bertz CT molecular complexity index is 995. The molecule has 3 saturated heterocycles. The summed E-state index contributed by atoms with van der Waals surface area (Å²) in [7, 11) is 6.64. The lowest BCUT2D eigenvalue weighted by atomic mass is 9.98. The van der Waals surface area contributed by atoms with Crippen LogP contribution in [0.5, 0.6) is 0 Å². The molecule has 2 unspecified atom stereocenters. The fourth-order valence-corrected chi connectivity index (χ4v) is 6.23. The van der Waals surface area contributed by atoms with Crippen molar-refractivity contribution in [2.45, 2.75) is 116 Å². The first-order chi connectivity index (χ1) is 17.5. The third kappa shape index (κ3) is 7.80. The van der Waals surface area contributed by atoms with Gasteiger partial charge in [-0.15, -0.1) is 0 Å². The van der Waals surface area contributed by atoms with Crippen molar-refractivity contribution >= 4 is 11.0 Å². The highest BCUT2D eigenvalue weighted by molar-refractivity contribution is 5.75. The lowest BCUT2D eigenvalue weighted by molar-refractivity contribution is 0.0677. The number of piperazine rings is 1. The van der Waals surface area contributed by atoms with Gasteiger partial charge in [0, 0.05) is 60.9 Å². The molecule has 6 nitrogen and oxygen atoms in total. The summed E-state index contributed by atoms with van der Waals surface area (Å²) in [5.74, 6) is 0. The molecule has 2 atom stereocenters. The average Bonchev–Trinajstić information content (AvgIpc) is 3.52. The molecule has 0 spiro atoms. The average molecular weight is 527 g/mol. The van der Waals surface area contributed by atoms with Gasteiger partial charge < -0.3 is 14.4 Å². The number of likely N-dealkylation sites (tertiary alicyclic amines) is 3. The summed E-state index contributed by atoms with van der Waals surface area (Å²) < 4.78 is 2.20. The maximum absolute atomic E-state index is 4.35. The molecule has 0 amide bonds. The van der Waals surface area contributed by atoms with Crippen LogP contribution in [0.4, 0.5) is 0 Å². The number of aromatic nitrogens is 2. The lowest BCUT2D eigenvalue weighted by Crippen LogP contribution is -2.52. The zero-order valence-corrected chi connectivity index (χ0v) is 26.8. The Labute approximate surface area is 234 Å². The Kier molecular flexibility index (Phi) is 9.77. The van der Waals surface area contributed by atoms with E-state index in [4.69, 9.17) is 0 Å². The molecule has 0 saturated carbocycles. The minimum absolute atomic E-state index is 0.107. The van der Waals surface area contributed by atoms with E-state index in [-0.39, 0.29) is 5.54 Å². The molecule has 4 heterocycles. The van der Waals surface area contributed by atoms with Crippen LogP contribution in [0.2, 0.25) is 0 Å². The number of likely N-dealkylation sites (N-methyl/N-ethyl adjacent to an activating group) is 1. The number of piperidine rings is 1. The van der Waals surface area contributed by atoms with Gasteiger partial charge in [0.15, 0.2) is 0 Å². The molecular weight excluding hydrogens is 468 g/mol. The molecule has 3 aliphatic rings. The predicted molar refractivity (Wildman–Crippen MR) is 164 cm³/mol. The van der Waals surface area contributed by atoms with E-state index in [0.29, 0.717) is 11.1 Å². The van der Waals surface area contributed by atoms with Crippen molar-refractivity contribution in [2.24, 2.45) is 0 Å². The van der Waals surface area contributed by atoms with Crippen LogP contribution >= 0.6 is 0 Å². The van der Waals surface area contributed by atoms with Gasteiger partial charge >= 0.3 is 0 Å². The molecule has 6 heteroatoms. The molecule has 2 bridgehead atoms. The normalized spacial score (nSPS) is 23.9. The second-order valence-electron chi connectivity index (χ2n) is 14.9. The van der Waals surface area contributed by atoms with Crippen molar-refractivity contribution in [1.29, 1.82) is 0 Å². The molecule has 0 aliphatic carbocycles. The SMILES string of the molecule is CC(C)(C)n1cnc2ccccc21.CN(C)C1CCN(C(C)(C)C)CC1.CN1CC2CC1CN2C(C)(C)C. The van der Waals surface area contributed by atoms with Crippen LogP contribution in [0.1, 0.15) is 81.6 Å². The van der Waals surface area contributed by atoms with Gasteiger partial charge in [-0.2, -0.15) is 0 Å². The van der Waals surface area contributed by atoms with Gasteiger partial charge in [0.1, 0.15) is 0 Å². The second-order valence-corrected chi connectivity index (χ2v) is 14.9. The molecule has 216 valence electrons. The van der Waals surface area contributed by atoms with E-state index in [1.54, 1.807) is 0 Å². The van der Waals surface area contributed by atoms with Crippen molar-refractivity contribution in [3.05, 3.63) is 30.6 Å². The summed E-state index contributed by atoms with van der Waals surface area (Å²) in [5, 5.41) is 0. The summed E-state index contributed by atoms with van der Waals surface area (Å²) in [6.45, 7) is 25.5. The molecule has 2 aromatic rings. The lowest BCUT2D eigenvalue weighted by Gasteiger charge is -2.42. The maximum Gasteiger partial charge on any atom is 0.0963 e. The highest BCUT2D eigenvalue weighted by Crippen LogP contribution is 2.34.